The van der Waals surface area contributed by atoms with Gasteiger partial charge in [-0.1, -0.05) is 37.3 Å². The molecule has 0 bridgehead atoms. The van der Waals surface area contributed by atoms with E-state index < -0.39 is 0 Å². The van der Waals surface area contributed by atoms with Crippen LogP contribution in [0, 0.1) is 5.92 Å². The van der Waals surface area contributed by atoms with Crippen LogP contribution in [-0.2, 0) is 11.3 Å². The Bertz CT molecular complexity index is 501. The Balaban J connectivity index is 1.74. The van der Waals surface area contributed by atoms with Gasteiger partial charge in [0.1, 0.15) is 0 Å². The summed E-state index contributed by atoms with van der Waals surface area (Å²) in [5.74, 6) is 1.48. The molecule has 1 saturated heterocycles. The van der Waals surface area contributed by atoms with E-state index in [2.05, 4.69) is 27.4 Å². The van der Waals surface area contributed by atoms with E-state index in [1.165, 1.54) is 12.8 Å². The predicted octanol–water partition coefficient (Wildman–Crippen LogP) is 1.61. The number of piperidine rings is 1. The molecule has 1 atom stereocenters. The van der Waals surface area contributed by atoms with Gasteiger partial charge in [-0.15, -0.1) is 0 Å². The fourth-order valence-corrected chi connectivity index (χ4v) is 2.73. The minimum Gasteiger partial charge on any atom is -0.350 e. The fourth-order valence-electron chi connectivity index (χ4n) is 2.73. The van der Waals surface area contributed by atoms with Crippen molar-refractivity contribution in [1.82, 2.24) is 15.5 Å². The highest BCUT2D eigenvalue weighted by Gasteiger charge is 2.19. The van der Waals surface area contributed by atoms with Gasteiger partial charge in [-0.3, -0.25) is 9.79 Å². The molecule has 1 amide bonds. The molecule has 0 spiro atoms. The molecule has 0 aromatic heterocycles. The minimum atomic E-state index is -0.0185. The number of aliphatic imine (C=N–C) groups is 1. The van der Waals surface area contributed by atoms with Gasteiger partial charge in [0.25, 0.3) is 0 Å². The SMILES string of the molecule is CN=C(NCC(=O)NCc1ccccc1)N1CCCC(C)C1. The van der Waals surface area contributed by atoms with E-state index in [0.29, 0.717) is 12.5 Å². The lowest BCUT2D eigenvalue weighted by Gasteiger charge is -2.33. The molecule has 1 heterocycles. The lowest BCUT2D eigenvalue weighted by atomic mass is 10.0. The molecule has 2 N–H and O–H groups in total. The van der Waals surface area contributed by atoms with Crippen molar-refractivity contribution >= 4 is 11.9 Å². The Labute approximate surface area is 132 Å². The van der Waals surface area contributed by atoms with Crippen LogP contribution in [0.1, 0.15) is 25.3 Å². The zero-order chi connectivity index (χ0) is 15.8. The number of hydrogen-bond donors (Lipinski definition) is 2. The molecule has 2 rings (SSSR count). The number of nitrogens with one attached hydrogen (secondary N) is 2. The first kappa shape index (κ1) is 16.3. The zero-order valence-electron chi connectivity index (χ0n) is 13.5. The first-order valence-corrected chi connectivity index (χ1v) is 7.95. The molecule has 0 saturated carbocycles. The second kappa shape index (κ2) is 8.41. The third-order valence-electron chi connectivity index (χ3n) is 3.91. The second-order valence-corrected chi connectivity index (χ2v) is 5.86. The molecular formula is C17H26N4O. The number of hydrogen-bond acceptors (Lipinski definition) is 2. The van der Waals surface area contributed by atoms with Crippen LogP contribution in [-0.4, -0.2) is 43.4 Å². The summed E-state index contributed by atoms with van der Waals surface area (Å²) in [6.07, 6.45) is 2.45. The number of rotatable bonds is 4. The monoisotopic (exact) mass is 302 g/mol. The molecule has 1 aliphatic heterocycles. The van der Waals surface area contributed by atoms with Gasteiger partial charge in [-0.2, -0.15) is 0 Å². The maximum absolute atomic E-state index is 11.9. The number of guanidine groups is 1. The van der Waals surface area contributed by atoms with Crippen LogP contribution in [0.5, 0.6) is 0 Å². The molecule has 1 aromatic rings. The number of carbonyl (C=O) groups excluding carboxylic acids is 1. The molecule has 5 nitrogen and oxygen atoms in total. The van der Waals surface area contributed by atoms with Crippen molar-refractivity contribution in [3.63, 3.8) is 0 Å². The fraction of sp³-hybridized carbons (Fsp3) is 0.529. The third-order valence-corrected chi connectivity index (χ3v) is 3.91. The Hall–Kier alpha value is -2.04. The largest absolute Gasteiger partial charge is 0.350 e. The van der Waals surface area contributed by atoms with Gasteiger partial charge in [0.05, 0.1) is 6.54 Å². The van der Waals surface area contributed by atoms with Gasteiger partial charge in [0.15, 0.2) is 5.96 Å². The molecule has 1 unspecified atom stereocenters. The van der Waals surface area contributed by atoms with Crippen LogP contribution in [0.2, 0.25) is 0 Å². The Morgan fingerprint density at radius 3 is 2.77 bits per heavy atom. The molecular weight excluding hydrogens is 276 g/mol. The van der Waals surface area contributed by atoms with Crippen LogP contribution in [0.25, 0.3) is 0 Å². The molecule has 5 heteroatoms. The van der Waals surface area contributed by atoms with Crippen molar-refractivity contribution in [2.45, 2.75) is 26.3 Å². The third kappa shape index (κ3) is 5.06. The average Bonchev–Trinajstić information content (AvgIpc) is 2.54. The first-order valence-electron chi connectivity index (χ1n) is 7.95. The van der Waals surface area contributed by atoms with Crippen LogP contribution in [0.15, 0.2) is 35.3 Å². The van der Waals surface area contributed by atoms with Gasteiger partial charge >= 0.3 is 0 Å². The molecule has 1 aliphatic rings. The maximum Gasteiger partial charge on any atom is 0.239 e. The van der Waals surface area contributed by atoms with Crippen LogP contribution in [0.4, 0.5) is 0 Å². The summed E-state index contributed by atoms with van der Waals surface area (Å²) in [6.45, 7) is 5.08. The number of carbonyl (C=O) groups is 1. The van der Waals surface area contributed by atoms with E-state index in [9.17, 15) is 4.79 Å². The number of nitrogens with zero attached hydrogens (tertiary/aromatic N) is 2. The summed E-state index contributed by atoms with van der Waals surface area (Å²) in [5.41, 5.74) is 1.10. The van der Waals surface area contributed by atoms with E-state index in [1.807, 2.05) is 30.3 Å². The molecule has 0 radical (unpaired) electrons. The number of benzene rings is 1. The predicted molar refractivity (Wildman–Crippen MR) is 89.6 cm³/mol. The van der Waals surface area contributed by atoms with Gasteiger partial charge in [0.2, 0.25) is 5.91 Å². The summed E-state index contributed by atoms with van der Waals surface area (Å²) >= 11 is 0. The van der Waals surface area contributed by atoms with Gasteiger partial charge in [-0.05, 0) is 24.3 Å². The average molecular weight is 302 g/mol. The van der Waals surface area contributed by atoms with Crippen molar-refractivity contribution < 1.29 is 4.79 Å². The highest BCUT2D eigenvalue weighted by Crippen LogP contribution is 2.15. The highest BCUT2D eigenvalue weighted by molar-refractivity contribution is 5.86. The lowest BCUT2D eigenvalue weighted by Crippen LogP contribution is -2.48. The number of amides is 1. The lowest BCUT2D eigenvalue weighted by molar-refractivity contribution is -0.120. The maximum atomic E-state index is 11.9. The van der Waals surface area contributed by atoms with Crippen molar-refractivity contribution in [3.05, 3.63) is 35.9 Å². The summed E-state index contributed by atoms with van der Waals surface area (Å²) in [4.78, 5) is 18.5. The first-order chi connectivity index (χ1) is 10.7. The van der Waals surface area contributed by atoms with E-state index in [0.717, 1.165) is 24.6 Å². The Morgan fingerprint density at radius 1 is 1.32 bits per heavy atom. The van der Waals surface area contributed by atoms with Crippen molar-refractivity contribution in [3.8, 4) is 0 Å². The van der Waals surface area contributed by atoms with Crippen LogP contribution < -0.4 is 10.6 Å². The molecule has 0 aliphatic carbocycles. The molecule has 1 aromatic carbocycles. The summed E-state index contributed by atoms with van der Waals surface area (Å²) < 4.78 is 0. The zero-order valence-corrected chi connectivity index (χ0v) is 13.5. The summed E-state index contributed by atoms with van der Waals surface area (Å²) in [6, 6.07) is 9.91. The number of likely N-dealkylation sites (tertiary alicyclic amines) is 1. The Morgan fingerprint density at radius 2 is 2.09 bits per heavy atom. The van der Waals surface area contributed by atoms with Crippen LogP contribution >= 0.6 is 0 Å². The van der Waals surface area contributed by atoms with Gasteiger partial charge in [0, 0.05) is 26.7 Å². The standard InChI is InChI=1S/C17H26N4O/c1-14-7-6-10-21(13-14)17(18-2)20-12-16(22)19-11-15-8-4-3-5-9-15/h3-5,8-9,14H,6-7,10-13H2,1-2H3,(H,18,20)(H,19,22). The summed E-state index contributed by atoms with van der Waals surface area (Å²) in [7, 11) is 1.77. The van der Waals surface area contributed by atoms with Gasteiger partial charge in [-0.25, -0.2) is 0 Å². The van der Waals surface area contributed by atoms with E-state index in [-0.39, 0.29) is 12.5 Å². The van der Waals surface area contributed by atoms with Crippen LogP contribution in [0.3, 0.4) is 0 Å². The normalized spacial score (nSPS) is 18.9. The highest BCUT2D eigenvalue weighted by atomic mass is 16.1. The molecule has 1 fully saturated rings. The second-order valence-electron chi connectivity index (χ2n) is 5.86. The topological polar surface area (TPSA) is 56.7 Å². The van der Waals surface area contributed by atoms with Crippen molar-refractivity contribution in [2.75, 3.05) is 26.7 Å². The van der Waals surface area contributed by atoms with Crippen molar-refractivity contribution in [2.24, 2.45) is 10.9 Å². The Kier molecular flexibility index (Phi) is 6.25. The van der Waals surface area contributed by atoms with E-state index in [1.54, 1.807) is 7.05 Å². The molecule has 22 heavy (non-hydrogen) atoms. The van der Waals surface area contributed by atoms with Gasteiger partial charge < -0.3 is 15.5 Å². The van der Waals surface area contributed by atoms with E-state index >= 15 is 0 Å². The van der Waals surface area contributed by atoms with E-state index in [4.69, 9.17) is 0 Å². The minimum absolute atomic E-state index is 0.0185. The molecule has 120 valence electrons. The van der Waals surface area contributed by atoms with Crippen molar-refractivity contribution in [1.29, 1.82) is 0 Å². The summed E-state index contributed by atoms with van der Waals surface area (Å²) in [5, 5.41) is 6.07. The quantitative estimate of drug-likeness (QED) is 0.656. The smallest absolute Gasteiger partial charge is 0.239 e.